The lowest BCUT2D eigenvalue weighted by atomic mass is 10.4. The minimum absolute atomic E-state index is 0. The summed E-state index contributed by atoms with van der Waals surface area (Å²) in [7, 11) is 1.23. The van der Waals surface area contributed by atoms with Crippen molar-refractivity contribution in [1.29, 1.82) is 0 Å². The maximum atomic E-state index is 10.5. The molecule has 0 aromatic heterocycles. The number of hydrogen-bond acceptors (Lipinski definition) is 2. The molecule has 0 saturated heterocycles. The van der Waals surface area contributed by atoms with Gasteiger partial charge in [0.05, 0.1) is 0 Å². The SMILES string of the molecule is CCC(=O)N(C)C(=O)O.Cl. The van der Waals surface area contributed by atoms with Crippen LogP contribution in [0.4, 0.5) is 4.79 Å². The number of hydrogen-bond donors (Lipinski definition) is 1. The van der Waals surface area contributed by atoms with Gasteiger partial charge in [-0.05, 0) is 0 Å². The third kappa shape index (κ3) is 3.29. The smallest absolute Gasteiger partial charge is 0.413 e. The minimum Gasteiger partial charge on any atom is -0.465 e. The Labute approximate surface area is 65.2 Å². The van der Waals surface area contributed by atoms with Gasteiger partial charge in [0.2, 0.25) is 5.91 Å². The number of imide groups is 1. The second-order valence-corrected chi connectivity index (χ2v) is 1.59. The lowest BCUT2D eigenvalue weighted by molar-refractivity contribution is -0.127. The summed E-state index contributed by atoms with van der Waals surface area (Å²) in [6, 6.07) is 0. The normalized spacial score (nSPS) is 7.80. The molecule has 0 fully saturated rings. The van der Waals surface area contributed by atoms with Gasteiger partial charge in [-0.25, -0.2) is 4.79 Å². The molecule has 60 valence electrons. The van der Waals surface area contributed by atoms with E-state index in [1.165, 1.54) is 7.05 Å². The van der Waals surface area contributed by atoms with Crippen LogP contribution in [0.25, 0.3) is 0 Å². The zero-order valence-corrected chi connectivity index (χ0v) is 6.64. The van der Waals surface area contributed by atoms with E-state index in [4.69, 9.17) is 5.11 Å². The largest absolute Gasteiger partial charge is 0.465 e. The van der Waals surface area contributed by atoms with Gasteiger partial charge in [-0.2, -0.15) is 0 Å². The Bertz CT molecular complexity index is 137. The number of carboxylic acid groups (broad SMARTS) is 1. The minimum atomic E-state index is -1.21. The van der Waals surface area contributed by atoms with Gasteiger partial charge in [0, 0.05) is 13.5 Å². The molecule has 10 heavy (non-hydrogen) atoms. The van der Waals surface area contributed by atoms with E-state index < -0.39 is 6.09 Å². The van der Waals surface area contributed by atoms with E-state index in [0.29, 0.717) is 4.90 Å². The molecule has 0 aliphatic carbocycles. The first-order chi connectivity index (χ1) is 4.09. The fraction of sp³-hybridized carbons (Fsp3) is 0.600. The van der Waals surface area contributed by atoms with E-state index in [2.05, 4.69) is 0 Å². The third-order valence-corrected chi connectivity index (χ3v) is 0.963. The molecule has 0 aromatic carbocycles. The van der Waals surface area contributed by atoms with E-state index >= 15 is 0 Å². The molecule has 0 aliphatic heterocycles. The van der Waals surface area contributed by atoms with Crippen LogP contribution in [0, 0.1) is 0 Å². The third-order valence-electron chi connectivity index (χ3n) is 0.963. The van der Waals surface area contributed by atoms with Crippen molar-refractivity contribution in [2.75, 3.05) is 7.05 Å². The number of amides is 2. The lowest BCUT2D eigenvalue weighted by Gasteiger charge is -2.07. The van der Waals surface area contributed by atoms with Crippen LogP contribution in [-0.4, -0.2) is 29.1 Å². The molecule has 0 saturated carbocycles. The number of carbonyl (C=O) groups excluding carboxylic acids is 1. The van der Waals surface area contributed by atoms with Crippen molar-refractivity contribution in [2.45, 2.75) is 13.3 Å². The Morgan fingerprint density at radius 3 is 2.00 bits per heavy atom. The molecule has 4 nitrogen and oxygen atoms in total. The average Bonchev–Trinajstić information content (AvgIpc) is 1.84. The molecule has 0 unspecified atom stereocenters. The quantitative estimate of drug-likeness (QED) is 0.633. The van der Waals surface area contributed by atoms with Gasteiger partial charge in [-0.3, -0.25) is 9.69 Å². The summed E-state index contributed by atoms with van der Waals surface area (Å²) in [5, 5.41) is 8.19. The van der Waals surface area contributed by atoms with Crippen LogP contribution in [0.2, 0.25) is 0 Å². The Hall–Kier alpha value is -0.770. The molecule has 5 heteroatoms. The molecule has 0 atom stereocenters. The topological polar surface area (TPSA) is 57.6 Å². The molecule has 0 rings (SSSR count). The summed E-state index contributed by atoms with van der Waals surface area (Å²) in [5.74, 6) is -0.387. The predicted octanol–water partition coefficient (Wildman–Crippen LogP) is 0.955. The van der Waals surface area contributed by atoms with E-state index in [-0.39, 0.29) is 24.7 Å². The first kappa shape index (κ1) is 12.0. The molecule has 0 spiro atoms. The molecular formula is C5H10ClNO3. The second kappa shape index (κ2) is 5.05. The molecule has 0 aliphatic rings. The van der Waals surface area contributed by atoms with Crippen molar-refractivity contribution in [3.8, 4) is 0 Å². The van der Waals surface area contributed by atoms with Crippen LogP contribution in [0.3, 0.4) is 0 Å². The van der Waals surface area contributed by atoms with Crippen molar-refractivity contribution in [1.82, 2.24) is 4.90 Å². The highest BCUT2D eigenvalue weighted by atomic mass is 35.5. The van der Waals surface area contributed by atoms with Gasteiger partial charge in [0.1, 0.15) is 0 Å². The highest BCUT2D eigenvalue weighted by Crippen LogP contribution is 1.88. The van der Waals surface area contributed by atoms with E-state index in [1.54, 1.807) is 6.92 Å². The zero-order valence-electron chi connectivity index (χ0n) is 5.83. The summed E-state index contributed by atoms with van der Waals surface area (Å²) in [6.45, 7) is 1.61. The first-order valence-electron chi connectivity index (χ1n) is 2.59. The molecule has 2 amide bonds. The fourth-order valence-electron chi connectivity index (χ4n) is 0.344. The maximum Gasteiger partial charge on any atom is 0.413 e. The van der Waals surface area contributed by atoms with Crippen LogP contribution in [0.1, 0.15) is 13.3 Å². The predicted molar refractivity (Wildman–Crippen MR) is 38.3 cm³/mol. The highest BCUT2D eigenvalue weighted by Gasteiger charge is 2.11. The summed E-state index contributed by atoms with van der Waals surface area (Å²) >= 11 is 0. The Morgan fingerprint density at radius 1 is 1.50 bits per heavy atom. The number of nitrogens with zero attached hydrogens (tertiary/aromatic N) is 1. The van der Waals surface area contributed by atoms with Gasteiger partial charge in [0.25, 0.3) is 0 Å². The Balaban J connectivity index is 0. The zero-order chi connectivity index (χ0) is 7.44. The summed E-state index contributed by atoms with van der Waals surface area (Å²) in [6.07, 6.45) is -0.982. The molecular weight excluding hydrogens is 158 g/mol. The molecule has 0 heterocycles. The van der Waals surface area contributed by atoms with Crippen molar-refractivity contribution in [3.05, 3.63) is 0 Å². The highest BCUT2D eigenvalue weighted by molar-refractivity contribution is 5.90. The average molecular weight is 168 g/mol. The van der Waals surface area contributed by atoms with Crippen LogP contribution in [0.15, 0.2) is 0 Å². The van der Waals surface area contributed by atoms with Crippen molar-refractivity contribution >= 4 is 24.4 Å². The fourth-order valence-corrected chi connectivity index (χ4v) is 0.344. The lowest BCUT2D eigenvalue weighted by Crippen LogP contribution is -2.30. The number of rotatable bonds is 1. The van der Waals surface area contributed by atoms with Crippen LogP contribution in [0.5, 0.6) is 0 Å². The van der Waals surface area contributed by atoms with Crippen molar-refractivity contribution in [3.63, 3.8) is 0 Å². The van der Waals surface area contributed by atoms with Gasteiger partial charge in [-0.15, -0.1) is 12.4 Å². The maximum absolute atomic E-state index is 10.5. The number of halogens is 1. The molecule has 0 aromatic rings. The standard InChI is InChI=1S/C5H9NO3.ClH/c1-3-4(7)6(2)5(8)9;/h3H2,1-2H3,(H,8,9);1H. The molecule has 1 N–H and O–H groups in total. The summed E-state index contributed by atoms with van der Waals surface area (Å²) in [5.41, 5.74) is 0. The van der Waals surface area contributed by atoms with E-state index in [0.717, 1.165) is 0 Å². The molecule has 0 bridgehead atoms. The van der Waals surface area contributed by atoms with Crippen LogP contribution in [-0.2, 0) is 4.79 Å². The first-order valence-corrected chi connectivity index (χ1v) is 2.59. The Kier molecular flexibility index (Phi) is 6.04. The van der Waals surface area contributed by atoms with Gasteiger partial charge in [0.15, 0.2) is 0 Å². The van der Waals surface area contributed by atoms with E-state index in [1.807, 2.05) is 0 Å². The van der Waals surface area contributed by atoms with Crippen LogP contribution < -0.4 is 0 Å². The molecule has 0 radical (unpaired) electrons. The Morgan fingerprint density at radius 2 is 1.90 bits per heavy atom. The number of carbonyl (C=O) groups is 2. The second-order valence-electron chi connectivity index (χ2n) is 1.59. The van der Waals surface area contributed by atoms with Gasteiger partial charge < -0.3 is 5.11 Å². The summed E-state index contributed by atoms with van der Waals surface area (Å²) < 4.78 is 0. The van der Waals surface area contributed by atoms with E-state index in [9.17, 15) is 9.59 Å². The van der Waals surface area contributed by atoms with Crippen molar-refractivity contribution < 1.29 is 14.7 Å². The van der Waals surface area contributed by atoms with Gasteiger partial charge >= 0.3 is 6.09 Å². The monoisotopic (exact) mass is 167 g/mol. The van der Waals surface area contributed by atoms with Crippen molar-refractivity contribution in [2.24, 2.45) is 0 Å². The van der Waals surface area contributed by atoms with Crippen LogP contribution >= 0.6 is 12.4 Å². The van der Waals surface area contributed by atoms with Gasteiger partial charge in [-0.1, -0.05) is 6.92 Å². The summed E-state index contributed by atoms with van der Waals surface area (Å²) in [4.78, 5) is 21.2.